The molecule has 0 radical (unpaired) electrons. The summed E-state index contributed by atoms with van der Waals surface area (Å²) in [5.74, 6) is 1.74. The van der Waals surface area contributed by atoms with Crippen LogP contribution >= 0.6 is 0 Å². The van der Waals surface area contributed by atoms with Crippen molar-refractivity contribution in [3.63, 3.8) is 0 Å². The van der Waals surface area contributed by atoms with Gasteiger partial charge < -0.3 is 23.5 Å². The molecule has 7 nitrogen and oxygen atoms in total. The molecule has 35 heavy (non-hydrogen) atoms. The number of carbonyl (C=O) groups excluding carboxylic acids is 1. The Hall–Kier alpha value is -4.26. The molecule has 2 aliphatic rings. The van der Waals surface area contributed by atoms with Gasteiger partial charge in [0, 0.05) is 6.54 Å². The fraction of sp³-hybridized carbons (Fsp3) is 0.214. The lowest BCUT2D eigenvalue weighted by atomic mass is 9.97. The molecule has 4 aromatic rings. The maximum Gasteiger partial charge on any atom is 0.291 e. The van der Waals surface area contributed by atoms with E-state index in [1.807, 2.05) is 62.4 Å². The van der Waals surface area contributed by atoms with E-state index in [4.69, 9.17) is 18.6 Å². The first-order valence-corrected chi connectivity index (χ1v) is 11.5. The number of amides is 1. The molecule has 1 aromatic heterocycles. The van der Waals surface area contributed by atoms with E-state index in [9.17, 15) is 9.59 Å². The first-order chi connectivity index (χ1) is 17.0. The van der Waals surface area contributed by atoms with E-state index < -0.39 is 6.04 Å². The van der Waals surface area contributed by atoms with Gasteiger partial charge in [0.15, 0.2) is 16.9 Å². The average molecular weight is 469 g/mol. The van der Waals surface area contributed by atoms with Crippen LogP contribution in [0.25, 0.3) is 11.0 Å². The van der Waals surface area contributed by atoms with Crippen LogP contribution in [0.3, 0.4) is 0 Å². The van der Waals surface area contributed by atoms with Gasteiger partial charge in [0.1, 0.15) is 11.3 Å². The Morgan fingerprint density at radius 1 is 1.00 bits per heavy atom. The molecule has 2 aliphatic heterocycles. The molecule has 0 saturated heterocycles. The quantitative estimate of drug-likeness (QED) is 0.411. The topological polar surface area (TPSA) is 78.2 Å². The molecule has 6 rings (SSSR count). The third-order valence-corrected chi connectivity index (χ3v) is 6.40. The van der Waals surface area contributed by atoms with E-state index in [1.165, 1.54) is 0 Å². The zero-order valence-electron chi connectivity index (χ0n) is 19.4. The second-order valence-electron chi connectivity index (χ2n) is 8.70. The number of rotatable bonds is 5. The molecular formula is C28H23NO6. The van der Waals surface area contributed by atoms with Gasteiger partial charge in [-0.05, 0) is 61.4 Å². The van der Waals surface area contributed by atoms with Gasteiger partial charge in [0.05, 0.1) is 23.6 Å². The van der Waals surface area contributed by atoms with Gasteiger partial charge in [-0.25, -0.2) is 0 Å². The lowest BCUT2D eigenvalue weighted by Crippen LogP contribution is -2.29. The van der Waals surface area contributed by atoms with Crippen LogP contribution in [-0.4, -0.2) is 24.2 Å². The minimum absolute atomic E-state index is 0.0823. The standard InChI is InChI=1S/C28H23NO6/c1-3-32-19-6-4-5-18(13-19)25-24-26(30)20-11-16(2)7-9-21(20)35-27(24)28(31)29(25)14-17-8-10-22-23(12-17)34-15-33-22/h4-13,25H,3,14-15H2,1-2H3. The van der Waals surface area contributed by atoms with Crippen molar-refractivity contribution < 1.29 is 23.4 Å². The van der Waals surface area contributed by atoms with Crippen LogP contribution in [0.15, 0.2) is 69.9 Å². The average Bonchev–Trinajstić information content (AvgIpc) is 3.43. The summed E-state index contributed by atoms with van der Waals surface area (Å²) in [6, 6.07) is 17.9. The van der Waals surface area contributed by atoms with Gasteiger partial charge in [-0.3, -0.25) is 9.59 Å². The third kappa shape index (κ3) is 3.51. The van der Waals surface area contributed by atoms with Gasteiger partial charge >= 0.3 is 0 Å². The molecule has 0 fully saturated rings. The Kier molecular flexibility index (Phi) is 4.99. The molecule has 1 amide bonds. The Balaban J connectivity index is 1.52. The molecule has 7 heteroatoms. The zero-order chi connectivity index (χ0) is 24.1. The number of aryl methyl sites for hydroxylation is 1. The molecular weight excluding hydrogens is 446 g/mol. The molecule has 0 N–H and O–H groups in total. The van der Waals surface area contributed by atoms with Crippen LogP contribution < -0.4 is 19.6 Å². The summed E-state index contributed by atoms with van der Waals surface area (Å²) < 4.78 is 22.7. The molecule has 0 aliphatic carbocycles. The van der Waals surface area contributed by atoms with Crippen LogP contribution in [0.1, 0.15) is 45.8 Å². The van der Waals surface area contributed by atoms with Crippen molar-refractivity contribution in [1.29, 1.82) is 0 Å². The SMILES string of the molecule is CCOc1cccc(C2c3c(oc4ccc(C)cc4c3=O)C(=O)N2Cc2ccc3c(c2)OCO3)c1. The molecule has 3 aromatic carbocycles. The first kappa shape index (κ1) is 21.3. The summed E-state index contributed by atoms with van der Waals surface area (Å²) in [6.45, 7) is 4.78. The summed E-state index contributed by atoms with van der Waals surface area (Å²) in [6.07, 6.45) is 0. The minimum Gasteiger partial charge on any atom is -0.494 e. The van der Waals surface area contributed by atoms with Gasteiger partial charge in [-0.1, -0.05) is 29.8 Å². The summed E-state index contributed by atoms with van der Waals surface area (Å²) in [4.78, 5) is 29.1. The highest BCUT2D eigenvalue weighted by Crippen LogP contribution is 2.41. The molecule has 0 saturated carbocycles. The van der Waals surface area contributed by atoms with Crippen molar-refractivity contribution in [2.75, 3.05) is 13.4 Å². The fourth-order valence-electron chi connectivity index (χ4n) is 4.82. The lowest BCUT2D eigenvalue weighted by Gasteiger charge is -2.25. The molecule has 0 spiro atoms. The first-order valence-electron chi connectivity index (χ1n) is 11.5. The van der Waals surface area contributed by atoms with Crippen LogP contribution in [0, 0.1) is 6.92 Å². The predicted octanol–water partition coefficient (Wildman–Crippen LogP) is 4.97. The van der Waals surface area contributed by atoms with Crippen molar-refractivity contribution >= 4 is 16.9 Å². The van der Waals surface area contributed by atoms with Crippen molar-refractivity contribution in [2.24, 2.45) is 0 Å². The number of fused-ring (bicyclic) bond motifs is 3. The molecule has 1 atom stereocenters. The number of nitrogens with zero attached hydrogens (tertiary/aromatic N) is 1. The number of hydrogen-bond acceptors (Lipinski definition) is 6. The smallest absolute Gasteiger partial charge is 0.291 e. The number of ether oxygens (including phenoxy) is 3. The lowest BCUT2D eigenvalue weighted by molar-refractivity contribution is 0.0714. The van der Waals surface area contributed by atoms with E-state index in [0.717, 1.165) is 16.7 Å². The molecule has 3 heterocycles. The summed E-state index contributed by atoms with van der Waals surface area (Å²) in [5, 5.41) is 0.465. The van der Waals surface area contributed by atoms with E-state index in [0.29, 0.717) is 40.4 Å². The van der Waals surface area contributed by atoms with Crippen molar-refractivity contribution in [1.82, 2.24) is 4.90 Å². The maximum atomic E-state index is 13.8. The van der Waals surface area contributed by atoms with Crippen LogP contribution in [0.2, 0.25) is 0 Å². The maximum absolute atomic E-state index is 13.8. The summed E-state index contributed by atoms with van der Waals surface area (Å²) >= 11 is 0. The summed E-state index contributed by atoms with van der Waals surface area (Å²) in [5.41, 5.74) is 3.14. The van der Waals surface area contributed by atoms with Crippen LogP contribution in [0.4, 0.5) is 0 Å². The van der Waals surface area contributed by atoms with E-state index in [2.05, 4.69) is 0 Å². The predicted molar refractivity (Wildman–Crippen MR) is 129 cm³/mol. The molecule has 0 bridgehead atoms. The molecule has 176 valence electrons. The highest BCUT2D eigenvalue weighted by atomic mass is 16.7. The molecule has 1 unspecified atom stereocenters. The monoisotopic (exact) mass is 469 g/mol. The second-order valence-corrected chi connectivity index (χ2v) is 8.70. The van der Waals surface area contributed by atoms with Gasteiger partial charge in [-0.2, -0.15) is 0 Å². The second kappa shape index (κ2) is 8.20. The normalized spacial score (nSPS) is 16.1. The van der Waals surface area contributed by atoms with Crippen molar-refractivity contribution in [3.8, 4) is 17.2 Å². The number of carbonyl (C=O) groups is 1. The Morgan fingerprint density at radius 3 is 2.71 bits per heavy atom. The third-order valence-electron chi connectivity index (χ3n) is 6.40. The fourth-order valence-corrected chi connectivity index (χ4v) is 4.82. The van der Waals surface area contributed by atoms with Crippen LogP contribution in [0.5, 0.6) is 17.2 Å². The van der Waals surface area contributed by atoms with Crippen molar-refractivity contribution in [2.45, 2.75) is 26.4 Å². The highest BCUT2D eigenvalue weighted by molar-refractivity contribution is 5.99. The van der Waals surface area contributed by atoms with E-state index >= 15 is 0 Å². The Bertz CT molecular complexity index is 1540. The summed E-state index contributed by atoms with van der Waals surface area (Å²) in [7, 11) is 0. The van der Waals surface area contributed by atoms with E-state index in [-0.39, 0.29) is 30.4 Å². The zero-order valence-corrected chi connectivity index (χ0v) is 19.4. The Morgan fingerprint density at radius 2 is 1.86 bits per heavy atom. The number of hydrogen-bond donors (Lipinski definition) is 0. The minimum atomic E-state index is -0.621. The van der Waals surface area contributed by atoms with Gasteiger partial charge in [-0.15, -0.1) is 0 Å². The van der Waals surface area contributed by atoms with Gasteiger partial charge in [0.25, 0.3) is 5.91 Å². The van der Waals surface area contributed by atoms with Crippen LogP contribution in [-0.2, 0) is 6.54 Å². The number of benzene rings is 3. The van der Waals surface area contributed by atoms with Crippen molar-refractivity contribution in [3.05, 3.63) is 98.9 Å². The largest absolute Gasteiger partial charge is 0.494 e. The highest BCUT2D eigenvalue weighted by Gasteiger charge is 2.43. The van der Waals surface area contributed by atoms with E-state index in [1.54, 1.807) is 17.0 Å². The Labute approximate surface area is 201 Å². The van der Waals surface area contributed by atoms with Gasteiger partial charge in [0.2, 0.25) is 12.6 Å².